The van der Waals surface area contributed by atoms with Crippen LogP contribution in [0.25, 0.3) is 0 Å². The second-order valence-corrected chi connectivity index (χ2v) is 15.4. The van der Waals surface area contributed by atoms with Crippen molar-refractivity contribution in [3.8, 4) is 6.07 Å². The zero-order valence-electron chi connectivity index (χ0n) is 26.3. The molecule has 7 aliphatic rings. The van der Waals surface area contributed by atoms with E-state index in [4.69, 9.17) is 14.2 Å². The third-order valence-electron chi connectivity index (χ3n) is 13.5. The molecule has 10 heteroatoms. The Morgan fingerprint density at radius 3 is 2.43 bits per heavy atom. The fraction of sp³-hybridized carbons (Fsp3) is 0.765. The number of nitriles is 1. The van der Waals surface area contributed by atoms with E-state index >= 15 is 8.78 Å². The molecule has 7 aliphatic carbocycles. The molecular weight excluding hydrogens is 572 g/mol. The van der Waals surface area contributed by atoms with Crippen LogP contribution in [0.15, 0.2) is 23.8 Å². The van der Waals surface area contributed by atoms with Crippen molar-refractivity contribution in [3.05, 3.63) is 23.8 Å². The zero-order chi connectivity index (χ0) is 32.2. The third-order valence-corrected chi connectivity index (χ3v) is 13.5. The minimum absolute atomic E-state index is 0.000188. The summed E-state index contributed by atoms with van der Waals surface area (Å²) < 4.78 is 50.8. The van der Waals surface area contributed by atoms with Crippen LogP contribution in [0, 0.1) is 63.1 Å². The van der Waals surface area contributed by atoms with Gasteiger partial charge in [0.2, 0.25) is 5.60 Å². The number of aliphatic hydroxyl groups excluding tert-OH is 1. The van der Waals surface area contributed by atoms with Gasteiger partial charge in [-0.25, -0.2) is 18.4 Å². The molecule has 0 spiro atoms. The normalized spacial score (nSPS) is 49.7. The molecule has 0 heterocycles. The summed E-state index contributed by atoms with van der Waals surface area (Å²) in [7, 11) is 0. The van der Waals surface area contributed by atoms with Crippen molar-refractivity contribution < 1.29 is 42.5 Å². The summed E-state index contributed by atoms with van der Waals surface area (Å²) in [6, 6.07) is 1.77. The summed E-state index contributed by atoms with van der Waals surface area (Å²) >= 11 is 0. The van der Waals surface area contributed by atoms with Gasteiger partial charge in [-0.2, -0.15) is 5.26 Å². The van der Waals surface area contributed by atoms with E-state index in [1.165, 1.54) is 19.1 Å². The van der Waals surface area contributed by atoms with Crippen molar-refractivity contribution in [2.75, 3.05) is 6.61 Å². The minimum Gasteiger partial charge on any atom is -0.447 e. The summed E-state index contributed by atoms with van der Waals surface area (Å²) in [5.74, 6) is -3.05. The highest BCUT2D eigenvalue weighted by Crippen LogP contribution is 2.72. The highest BCUT2D eigenvalue weighted by atomic mass is 19.1. The predicted molar refractivity (Wildman–Crippen MR) is 153 cm³/mol. The molecule has 1 N–H and O–H groups in total. The lowest BCUT2D eigenvalue weighted by Gasteiger charge is -2.63. The first-order chi connectivity index (χ1) is 20.5. The van der Waals surface area contributed by atoms with Crippen LogP contribution in [0.5, 0.6) is 0 Å². The number of carbonyl (C=O) groups is 3. The third kappa shape index (κ3) is 3.77. The maximum absolute atomic E-state index is 17.6. The molecule has 240 valence electrons. The number of fused-ring (bicyclic) bond motifs is 7. The van der Waals surface area contributed by atoms with Gasteiger partial charge in [-0.3, -0.25) is 4.79 Å². The van der Waals surface area contributed by atoms with Crippen molar-refractivity contribution in [2.45, 2.75) is 103 Å². The van der Waals surface area contributed by atoms with Crippen molar-refractivity contribution in [1.82, 2.24) is 0 Å². The molecule has 6 saturated carbocycles. The van der Waals surface area contributed by atoms with Crippen molar-refractivity contribution in [2.24, 2.45) is 51.8 Å². The van der Waals surface area contributed by atoms with Crippen LogP contribution < -0.4 is 0 Å². The number of aliphatic hydroxyl groups is 1. The second kappa shape index (κ2) is 9.85. The largest absolute Gasteiger partial charge is 0.509 e. The molecular formula is C34H43F2NO7. The maximum Gasteiger partial charge on any atom is 0.509 e. The van der Waals surface area contributed by atoms with Crippen molar-refractivity contribution in [3.63, 3.8) is 0 Å². The lowest BCUT2D eigenvalue weighted by atomic mass is 9.44. The van der Waals surface area contributed by atoms with Gasteiger partial charge in [-0.05, 0) is 85.8 Å². The van der Waals surface area contributed by atoms with Gasteiger partial charge in [-0.1, -0.05) is 40.7 Å². The van der Waals surface area contributed by atoms with Gasteiger partial charge < -0.3 is 19.3 Å². The summed E-state index contributed by atoms with van der Waals surface area (Å²) in [5.41, 5.74) is -7.20. The number of ether oxygens (including phenoxy) is 3. The Bertz CT molecular complexity index is 1390. The van der Waals surface area contributed by atoms with Crippen LogP contribution in [0.2, 0.25) is 0 Å². The maximum atomic E-state index is 17.6. The van der Waals surface area contributed by atoms with Crippen molar-refractivity contribution in [1.29, 1.82) is 5.26 Å². The molecule has 0 radical (unpaired) electrons. The SMILES string of the molecule is C[C@@H]1C[C@H]2[C@@H]3C[C@H](F)C4=CC(=O)C=C[C@]4(C)[C@@]3(F)[C@@H](O)C[C@]2(C)[C@@]1(OC(=O)O[C@@H]1CC2CC([C@@H]1C)C2(C)C)C(=O)OCC#N. The lowest BCUT2D eigenvalue weighted by molar-refractivity contribution is -0.236. The molecule has 2 unspecified atom stereocenters. The molecule has 8 nitrogen and oxygen atoms in total. The van der Waals surface area contributed by atoms with Gasteiger partial charge in [0, 0.05) is 22.7 Å². The van der Waals surface area contributed by atoms with E-state index in [-0.39, 0.29) is 36.2 Å². The molecule has 0 aromatic heterocycles. The molecule has 6 fully saturated rings. The number of rotatable bonds is 4. The van der Waals surface area contributed by atoms with Crippen LogP contribution in [0.3, 0.4) is 0 Å². The smallest absolute Gasteiger partial charge is 0.447 e. The molecule has 0 aromatic rings. The standard InChI is InChI=1S/C34H43F2NO7/c1-17-11-22-23-15-25(35)24-14-20(38)7-8-31(24,5)33(23,36)27(39)16-32(22,6)34(17,28(40)42-10-9-37)44-29(41)43-26-13-19-12-21(18(26)2)30(19,3)4/h7-8,14,17-19,21-23,25-27,39H,10-13,15-16H2,1-6H3/t17-,18+,19?,21?,22+,23+,25+,26-,27+,31+,32+,33+,34+/m1/s1. The Labute approximate surface area is 257 Å². The molecule has 0 amide bonds. The monoisotopic (exact) mass is 615 g/mol. The Kier molecular flexibility index (Phi) is 6.98. The Balaban J connectivity index is 1.36. The number of halogens is 2. The van der Waals surface area contributed by atoms with Gasteiger partial charge >= 0.3 is 12.1 Å². The van der Waals surface area contributed by atoms with Crippen LogP contribution in [0.4, 0.5) is 13.6 Å². The van der Waals surface area contributed by atoms with Gasteiger partial charge in [0.1, 0.15) is 18.3 Å². The van der Waals surface area contributed by atoms with Gasteiger partial charge in [-0.15, -0.1) is 0 Å². The van der Waals surface area contributed by atoms with E-state index in [0.29, 0.717) is 18.3 Å². The Morgan fingerprint density at radius 1 is 1.09 bits per heavy atom. The first-order valence-corrected chi connectivity index (χ1v) is 15.9. The molecule has 2 bridgehead atoms. The lowest BCUT2D eigenvalue weighted by Crippen LogP contribution is -2.71. The predicted octanol–water partition coefficient (Wildman–Crippen LogP) is 5.58. The average molecular weight is 616 g/mol. The van der Waals surface area contributed by atoms with Crippen LogP contribution >= 0.6 is 0 Å². The fourth-order valence-corrected chi connectivity index (χ4v) is 11.0. The number of nitrogens with zero attached hydrogens (tertiary/aromatic N) is 1. The van der Waals surface area contributed by atoms with Gasteiger partial charge in [0.25, 0.3) is 0 Å². The van der Waals surface area contributed by atoms with Crippen molar-refractivity contribution >= 4 is 17.9 Å². The van der Waals surface area contributed by atoms with Crippen LogP contribution in [0.1, 0.15) is 73.6 Å². The number of alkyl halides is 2. The van der Waals surface area contributed by atoms with E-state index in [1.54, 1.807) is 19.9 Å². The average Bonchev–Trinajstić information content (AvgIpc) is 3.17. The summed E-state index contributed by atoms with van der Waals surface area (Å²) in [6.45, 7) is 10.8. The molecule has 0 aromatic carbocycles. The summed E-state index contributed by atoms with van der Waals surface area (Å²) in [4.78, 5) is 39.7. The number of carbonyl (C=O) groups excluding carboxylic acids is 3. The molecule has 44 heavy (non-hydrogen) atoms. The summed E-state index contributed by atoms with van der Waals surface area (Å²) in [6.07, 6.45) is 0.196. The van der Waals surface area contributed by atoms with Gasteiger partial charge in [0.15, 0.2) is 18.1 Å². The minimum atomic E-state index is -2.36. The Hall–Kier alpha value is -2.80. The quantitative estimate of drug-likeness (QED) is 0.407. The molecule has 0 aliphatic heterocycles. The van der Waals surface area contributed by atoms with E-state index in [0.717, 1.165) is 12.5 Å². The number of allylic oxidation sites excluding steroid dienone is 4. The number of ketones is 1. The topological polar surface area (TPSA) is 123 Å². The van der Waals surface area contributed by atoms with E-state index in [9.17, 15) is 24.8 Å². The molecule has 7 rings (SSSR count). The first-order valence-electron chi connectivity index (χ1n) is 15.9. The van der Waals surface area contributed by atoms with E-state index < -0.39 is 82.7 Å². The van der Waals surface area contributed by atoms with Crippen LogP contribution in [-0.2, 0) is 23.8 Å². The van der Waals surface area contributed by atoms with E-state index in [1.807, 2.05) is 0 Å². The molecule has 13 atom stereocenters. The summed E-state index contributed by atoms with van der Waals surface area (Å²) in [5, 5.41) is 20.9. The number of hydrogen-bond acceptors (Lipinski definition) is 8. The van der Waals surface area contributed by atoms with E-state index in [2.05, 4.69) is 20.8 Å². The zero-order valence-corrected chi connectivity index (χ0v) is 26.3. The fourth-order valence-electron chi connectivity index (χ4n) is 11.0. The number of hydrogen-bond donors (Lipinski definition) is 1. The highest BCUT2D eigenvalue weighted by molar-refractivity contribution is 6.01. The Morgan fingerprint density at radius 2 is 1.80 bits per heavy atom. The second-order valence-electron chi connectivity index (χ2n) is 15.4. The highest BCUT2D eigenvalue weighted by Gasteiger charge is 2.79. The first kappa shape index (κ1) is 31.2. The molecule has 0 saturated heterocycles. The number of esters is 1. The van der Waals surface area contributed by atoms with Crippen LogP contribution in [-0.4, -0.2) is 59.3 Å². The van der Waals surface area contributed by atoms with Gasteiger partial charge in [0.05, 0.1) is 6.10 Å².